The third-order valence-electron chi connectivity index (χ3n) is 4.46. The van der Waals surface area contributed by atoms with E-state index in [2.05, 4.69) is 29.2 Å². The average molecular weight is 306 g/mol. The fourth-order valence-electron chi connectivity index (χ4n) is 3.24. The lowest BCUT2D eigenvalue weighted by Crippen LogP contribution is -2.36. The molecule has 4 heteroatoms. The molecule has 0 atom stereocenters. The summed E-state index contributed by atoms with van der Waals surface area (Å²) >= 11 is 0. The highest BCUT2D eigenvalue weighted by Gasteiger charge is 2.12. The molecule has 4 nitrogen and oxygen atoms in total. The summed E-state index contributed by atoms with van der Waals surface area (Å²) < 4.78 is 5.42. The second-order valence-corrected chi connectivity index (χ2v) is 5.87. The molecule has 23 heavy (non-hydrogen) atoms. The predicted molar refractivity (Wildman–Crippen MR) is 93.0 cm³/mol. The number of hydrogen-bond acceptors (Lipinski definition) is 3. The van der Waals surface area contributed by atoms with Crippen molar-refractivity contribution in [2.75, 3.05) is 31.2 Å². The Morgan fingerprint density at radius 2 is 1.78 bits per heavy atom. The van der Waals surface area contributed by atoms with Crippen LogP contribution in [-0.4, -0.2) is 32.2 Å². The second-order valence-electron chi connectivity index (χ2n) is 5.87. The summed E-state index contributed by atoms with van der Waals surface area (Å²) in [6.45, 7) is 3.39. The van der Waals surface area contributed by atoms with Crippen molar-refractivity contribution in [3.8, 4) is 0 Å². The van der Waals surface area contributed by atoms with Gasteiger partial charge in [0, 0.05) is 24.3 Å². The number of hydrogen-bond donors (Lipinski definition) is 1. The van der Waals surface area contributed by atoms with E-state index < -0.39 is 0 Å². The van der Waals surface area contributed by atoms with E-state index in [1.807, 2.05) is 18.2 Å². The summed E-state index contributed by atoms with van der Waals surface area (Å²) in [6.07, 6.45) is 0. The monoisotopic (exact) mass is 306 g/mol. The second kappa shape index (κ2) is 5.56. The number of nitrogens with two attached hydrogens (primary N) is 1. The number of benzene rings is 3. The fraction of sp³-hybridized carbons (Fsp3) is 0.211. The number of carbonyl (C=O) groups excluding carboxylic acids is 1. The first-order valence-corrected chi connectivity index (χ1v) is 7.81. The van der Waals surface area contributed by atoms with Crippen LogP contribution in [0.3, 0.4) is 0 Å². The van der Waals surface area contributed by atoms with Gasteiger partial charge in [0.25, 0.3) is 0 Å². The lowest BCUT2D eigenvalue weighted by Gasteiger charge is -2.29. The number of primary amides is 1. The van der Waals surface area contributed by atoms with Crippen molar-refractivity contribution in [3.63, 3.8) is 0 Å². The van der Waals surface area contributed by atoms with Gasteiger partial charge >= 0.3 is 0 Å². The largest absolute Gasteiger partial charge is 0.378 e. The van der Waals surface area contributed by atoms with Crippen LogP contribution in [0.25, 0.3) is 21.5 Å². The lowest BCUT2D eigenvalue weighted by atomic mass is 9.99. The minimum Gasteiger partial charge on any atom is -0.378 e. The molecule has 0 radical (unpaired) electrons. The first-order chi connectivity index (χ1) is 11.2. The van der Waals surface area contributed by atoms with Gasteiger partial charge < -0.3 is 15.4 Å². The van der Waals surface area contributed by atoms with Gasteiger partial charge in [-0.05, 0) is 51.9 Å². The molecule has 3 aromatic rings. The number of anilines is 1. The summed E-state index contributed by atoms with van der Waals surface area (Å²) in [6, 6.07) is 16.3. The quantitative estimate of drug-likeness (QED) is 0.741. The van der Waals surface area contributed by atoms with Gasteiger partial charge in [0.2, 0.25) is 5.91 Å². The normalized spacial score (nSPS) is 15.2. The Kier molecular flexibility index (Phi) is 3.39. The first-order valence-electron chi connectivity index (χ1n) is 7.81. The van der Waals surface area contributed by atoms with Crippen molar-refractivity contribution in [1.82, 2.24) is 0 Å². The molecule has 0 aliphatic carbocycles. The summed E-state index contributed by atoms with van der Waals surface area (Å²) in [5.41, 5.74) is 7.27. The number of nitrogens with zero attached hydrogens (tertiary/aromatic N) is 1. The van der Waals surface area contributed by atoms with Crippen LogP contribution >= 0.6 is 0 Å². The minimum absolute atomic E-state index is 0.389. The number of ether oxygens (including phenoxy) is 1. The van der Waals surface area contributed by atoms with Gasteiger partial charge in [-0.3, -0.25) is 4.79 Å². The summed E-state index contributed by atoms with van der Waals surface area (Å²) in [5.74, 6) is -0.389. The number of amides is 1. The molecular formula is C19H18N2O2. The minimum atomic E-state index is -0.389. The number of carbonyl (C=O) groups is 1. The summed E-state index contributed by atoms with van der Waals surface area (Å²) in [7, 11) is 0. The predicted octanol–water partition coefficient (Wildman–Crippen LogP) is 2.93. The third kappa shape index (κ3) is 2.51. The van der Waals surface area contributed by atoms with Gasteiger partial charge in [-0.2, -0.15) is 0 Å². The molecule has 1 heterocycles. The average Bonchev–Trinajstić information content (AvgIpc) is 2.59. The number of rotatable bonds is 2. The standard InChI is InChI=1S/C19H18N2O2/c20-19(22)17-3-1-2-14-10-15-11-16(21-6-8-23-9-7-21)5-4-13(15)12-18(14)17/h1-5,10-12H,6-9H2,(H2,20,22). The Bertz CT molecular complexity index is 898. The van der Waals surface area contributed by atoms with Crippen LogP contribution in [0.2, 0.25) is 0 Å². The van der Waals surface area contributed by atoms with Crippen LogP contribution in [0.5, 0.6) is 0 Å². The van der Waals surface area contributed by atoms with Crippen LogP contribution in [0.1, 0.15) is 10.4 Å². The number of morpholine rings is 1. The molecule has 0 bridgehead atoms. The van der Waals surface area contributed by atoms with Gasteiger partial charge in [0.15, 0.2) is 0 Å². The SMILES string of the molecule is NC(=O)c1cccc2cc3cc(N4CCOCC4)ccc3cc12. The van der Waals surface area contributed by atoms with E-state index in [4.69, 9.17) is 10.5 Å². The van der Waals surface area contributed by atoms with E-state index in [-0.39, 0.29) is 5.91 Å². The van der Waals surface area contributed by atoms with Crippen LogP contribution in [0.4, 0.5) is 5.69 Å². The Morgan fingerprint density at radius 1 is 0.957 bits per heavy atom. The maximum atomic E-state index is 11.6. The molecule has 0 spiro atoms. The third-order valence-corrected chi connectivity index (χ3v) is 4.46. The van der Waals surface area contributed by atoms with Gasteiger partial charge in [0.1, 0.15) is 0 Å². The molecule has 116 valence electrons. The zero-order valence-corrected chi connectivity index (χ0v) is 12.8. The first kappa shape index (κ1) is 14.0. The maximum absolute atomic E-state index is 11.6. The molecule has 0 aromatic heterocycles. The highest BCUT2D eigenvalue weighted by molar-refractivity contribution is 6.10. The molecule has 0 unspecified atom stereocenters. The van der Waals surface area contributed by atoms with E-state index in [0.717, 1.165) is 42.5 Å². The fourth-order valence-corrected chi connectivity index (χ4v) is 3.24. The van der Waals surface area contributed by atoms with E-state index >= 15 is 0 Å². The van der Waals surface area contributed by atoms with Gasteiger partial charge in [-0.1, -0.05) is 18.2 Å². The highest BCUT2D eigenvalue weighted by atomic mass is 16.5. The number of fused-ring (bicyclic) bond motifs is 2. The van der Waals surface area contributed by atoms with E-state index in [1.165, 1.54) is 11.1 Å². The summed E-state index contributed by atoms with van der Waals surface area (Å²) in [5, 5.41) is 4.23. The van der Waals surface area contributed by atoms with Crippen LogP contribution in [-0.2, 0) is 4.74 Å². The Balaban J connectivity index is 1.86. The molecule has 1 aliphatic rings. The molecule has 1 fully saturated rings. The van der Waals surface area contributed by atoms with Crippen LogP contribution in [0.15, 0.2) is 48.5 Å². The molecule has 0 saturated carbocycles. The van der Waals surface area contributed by atoms with Crippen LogP contribution in [0, 0.1) is 0 Å². The Labute approximate surface area is 134 Å². The smallest absolute Gasteiger partial charge is 0.249 e. The maximum Gasteiger partial charge on any atom is 0.249 e. The zero-order valence-electron chi connectivity index (χ0n) is 12.8. The van der Waals surface area contributed by atoms with Crippen molar-refractivity contribution in [2.45, 2.75) is 0 Å². The topological polar surface area (TPSA) is 55.6 Å². The molecule has 1 amide bonds. The molecule has 2 N–H and O–H groups in total. The Hall–Kier alpha value is -2.59. The van der Waals surface area contributed by atoms with E-state index in [0.29, 0.717) is 5.56 Å². The molecule has 1 saturated heterocycles. The van der Waals surface area contributed by atoms with Crippen molar-refractivity contribution in [2.24, 2.45) is 5.73 Å². The van der Waals surface area contributed by atoms with Crippen molar-refractivity contribution in [3.05, 3.63) is 54.1 Å². The van der Waals surface area contributed by atoms with Gasteiger partial charge in [-0.25, -0.2) is 0 Å². The molecule has 4 rings (SSSR count). The van der Waals surface area contributed by atoms with Crippen LogP contribution < -0.4 is 10.6 Å². The Morgan fingerprint density at radius 3 is 2.57 bits per heavy atom. The van der Waals surface area contributed by atoms with Crippen molar-refractivity contribution < 1.29 is 9.53 Å². The highest BCUT2D eigenvalue weighted by Crippen LogP contribution is 2.29. The molecule has 1 aliphatic heterocycles. The summed E-state index contributed by atoms with van der Waals surface area (Å²) in [4.78, 5) is 14.0. The van der Waals surface area contributed by atoms with E-state index in [9.17, 15) is 4.79 Å². The van der Waals surface area contributed by atoms with Crippen molar-refractivity contribution in [1.29, 1.82) is 0 Å². The zero-order chi connectivity index (χ0) is 15.8. The van der Waals surface area contributed by atoms with Gasteiger partial charge in [0.05, 0.1) is 13.2 Å². The van der Waals surface area contributed by atoms with Crippen molar-refractivity contribution >= 4 is 33.1 Å². The lowest BCUT2D eigenvalue weighted by molar-refractivity contribution is 0.100. The molecular weight excluding hydrogens is 288 g/mol. The molecule has 3 aromatic carbocycles. The van der Waals surface area contributed by atoms with Gasteiger partial charge in [-0.15, -0.1) is 0 Å². The van der Waals surface area contributed by atoms with E-state index in [1.54, 1.807) is 6.07 Å².